The fraction of sp³-hybridized carbons (Fsp3) is 0.500. The summed E-state index contributed by atoms with van der Waals surface area (Å²) in [7, 11) is 0. The van der Waals surface area contributed by atoms with Crippen LogP contribution in [-0.4, -0.2) is 24.0 Å². The van der Waals surface area contributed by atoms with Crippen LogP contribution < -0.4 is 5.32 Å². The lowest BCUT2D eigenvalue weighted by atomic mass is 10.1. The molecule has 0 spiro atoms. The van der Waals surface area contributed by atoms with Crippen molar-refractivity contribution in [2.24, 2.45) is 0 Å². The van der Waals surface area contributed by atoms with Gasteiger partial charge in [0.15, 0.2) is 5.78 Å². The van der Waals surface area contributed by atoms with Crippen molar-refractivity contribution in [2.45, 2.75) is 46.1 Å². The lowest BCUT2D eigenvalue weighted by Crippen LogP contribution is -2.35. The van der Waals surface area contributed by atoms with Gasteiger partial charge in [-0.1, -0.05) is 29.8 Å². The summed E-state index contributed by atoms with van der Waals surface area (Å²) >= 11 is 0. The molecule has 0 unspecified atom stereocenters. The molecule has 1 rings (SSSR count). The number of amides is 1. The Labute approximate surface area is 120 Å². The van der Waals surface area contributed by atoms with Crippen LogP contribution >= 0.6 is 0 Å². The van der Waals surface area contributed by atoms with Gasteiger partial charge in [0.05, 0.1) is 6.54 Å². The average molecular weight is 277 g/mol. The lowest BCUT2D eigenvalue weighted by Gasteiger charge is -2.19. The molecule has 0 bridgehead atoms. The summed E-state index contributed by atoms with van der Waals surface area (Å²) in [5.41, 5.74) is 1.78. The van der Waals surface area contributed by atoms with Crippen molar-refractivity contribution in [2.75, 3.05) is 6.54 Å². The SMILES string of the molecule is Cc1ccc(CCC(=O)CNC(=O)OC(C)(C)C)cc1. The molecule has 0 aliphatic rings. The van der Waals surface area contributed by atoms with Gasteiger partial charge in [0.1, 0.15) is 5.60 Å². The van der Waals surface area contributed by atoms with Crippen LogP contribution in [0, 0.1) is 6.92 Å². The van der Waals surface area contributed by atoms with Crippen LogP contribution in [0.5, 0.6) is 0 Å². The van der Waals surface area contributed by atoms with Crippen molar-refractivity contribution < 1.29 is 14.3 Å². The minimum Gasteiger partial charge on any atom is -0.444 e. The van der Waals surface area contributed by atoms with Gasteiger partial charge in [-0.2, -0.15) is 0 Å². The Hall–Kier alpha value is -1.84. The largest absolute Gasteiger partial charge is 0.444 e. The number of nitrogens with one attached hydrogen (secondary N) is 1. The summed E-state index contributed by atoms with van der Waals surface area (Å²) < 4.78 is 5.06. The van der Waals surface area contributed by atoms with Crippen molar-refractivity contribution in [3.63, 3.8) is 0 Å². The van der Waals surface area contributed by atoms with Crippen molar-refractivity contribution in [3.8, 4) is 0 Å². The van der Waals surface area contributed by atoms with Crippen molar-refractivity contribution in [3.05, 3.63) is 35.4 Å². The van der Waals surface area contributed by atoms with E-state index in [1.54, 1.807) is 20.8 Å². The number of hydrogen-bond acceptors (Lipinski definition) is 3. The number of alkyl carbamates (subject to hydrolysis) is 1. The van der Waals surface area contributed by atoms with Gasteiger partial charge in [0.2, 0.25) is 0 Å². The van der Waals surface area contributed by atoms with E-state index in [4.69, 9.17) is 4.74 Å². The third-order valence-electron chi connectivity index (χ3n) is 2.64. The fourth-order valence-electron chi connectivity index (χ4n) is 1.61. The average Bonchev–Trinajstić information content (AvgIpc) is 2.33. The van der Waals surface area contributed by atoms with Gasteiger partial charge in [-0.05, 0) is 39.7 Å². The molecule has 0 saturated carbocycles. The minimum atomic E-state index is -0.554. The summed E-state index contributed by atoms with van der Waals surface area (Å²) in [6.45, 7) is 7.39. The molecule has 4 heteroatoms. The molecule has 20 heavy (non-hydrogen) atoms. The second kappa shape index (κ2) is 7.08. The molecule has 4 nitrogen and oxygen atoms in total. The predicted molar refractivity (Wildman–Crippen MR) is 78.7 cm³/mol. The van der Waals surface area contributed by atoms with E-state index in [0.29, 0.717) is 12.8 Å². The van der Waals surface area contributed by atoms with E-state index in [0.717, 1.165) is 5.56 Å². The number of aryl methyl sites for hydroxylation is 2. The first-order valence-electron chi connectivity index (χ1n) is 6.80. The normalized spacial score (nSPS) is 11.0. The standard InChI is InChI=1S/C16H23NO3/c1-12-5-7-13(8-6-12)9-10-14(18)11-17-15(19)20-16(2,3)4/h5-8H,9-11H2,1-4H3,(H,17,19). The highest BCUT2D eigenvalue weighted by molar-refractivity contribution is 5.84. The lowest BCUT2D eigenvalue weighted by molar-refractivity contribution is -0.118. The second-order valence-electron chi connectivity index (χ2n) is 5.88. The first-order valence-corrected chi connectivity index (χ1v) is 6.80. The number of hydrogen-bond donors (Lipinski definition) is 1. The van der Waals surface area contributed by atoms with Crippen LogP contribution in [0.3, 0.4) is 0 Å². The number of carbonyl (C=O) groups is 2. The maximum absolute atomic E-state index is 11.7. The quantitative estimate of drug-likeness (QED) is 0.900. The molecule has 1 N–H and O–H groups in total. The van der Waals surface area contributed by atoms with E-state index in [1.807, 2.05) is 31.2 Å². The number of carbonyl (C=O) groups excluding carboxylic acids is 2. The van der Waals surface area contributed by atoms with Gasteiger partial charge in [-0.25, -0.2) is 4.79 Å². The van der Waals surface area contributed by atoms with E-state index in [2.05, 4.69) is 5.32 Å². The zero-order chi connectivity index (χ0) is 15.2. The van der Waals surface area contributed by atoms with Gasteiger partial charge in [0.25, 0.3) is 0 Å². The minimum absolute atomic E-state index is 0.00330. The van der Waals surface area contributed by atoms with Crippen molar-refractivity contribution in [1.29, 1.82) is 0 Å². The predicted octanol–water partition coefficient (Wildman–Crippen LogP) is 3.02. The molecule has 0 fully saturated rings. The Kier molecular flexibility index (Phi) is 5.74. The molecule has 0 aromatic heterocycles. The Morgan fingerprint density at radius 3 is 2.30 bits per heavy atom. The molecule has 0 aliphatic carbocycles. The van der Waals surface area contributed by atoms with Crippen molar-refractivity contribution in [1.82, 2.24) is 5.32 Å². The Morgan fingerprint density at radius 1 is 1.15 bits per heavy atom. The third kappa shape index (κ3) is 6.92. The van der Waals surface area contributed by atoms with E-state index in [9.17, 15) is 9.59 Å². The van der Waals surface area contributed by atoms with Crippen molar-refractivity contribution >= 4 is 11.9 Å². The smallest absolute Gasteiger partial charge is 0.408 e. The summed E-state index contributed by atoms with van der Waals surface area (Å²) in [6.07, 6.45) is 0.551. The van der Waals surface area contributed by atoms with Crippen LogP contribution in [0.4, 0.5) is 4.79 Å². The number of benzene rings is 1. The van der Waals surface area contributed by atoms with Crippen LogP contribution in [0.2, 0.25) is 0 Å². The van der Waals surface area contributed by atoms with Gasteiger partial charge < -0.3 is 10.1 Å². The zero-order valence-corrected chi connectivity index (χ0v) is 12.7. The van der Waals surface area contributed by atoms with Gasteiger partial charge in [-0.3, -0.25) is 4.79 Å². The highest BCUT2D eigenvalue weighted by atomic mass is 16.6. The number of Topliss-reactive ketones (excluding diaryl/α,β-unsaturated/α-hetero) is 1. The summed E-state index contributed by atoms with van der Waals surface area (Å²) in [6, 6.07) is 8.09. The maximum Gasteiger partial charge on any atom is 0.408 e. The summed E-state index contributed by atoms with van der Waals surface area (Å²) in [4.78, 5) is 23.1. The molecule has 0 heterocycles. The Bertz CT molecular complexity index is 458. The van der Waals surface area contributed by atoms with Crippen LogP contribution in [0.25, 0.3) is 0 Å². The van der Waals surface area contributed by atoms with Crippen LogP contribution in [-0.2, 0) is 16.0 Å². The first kappa shape index (κ1) is 16.2. The molecule has 1 aromatic rings. The molecule has 1 aromatic carbocycles. The van der Waals surface area contributed by atoms with Crippen LogP contribution in [0.15, 0.2) is 24.3 Å². The van der Waals surface area contributed by atoms with E-state index >= 15 is 0 Å². The molecular weight excluding hydrogens is 254 g/mol. The molecular formula is C16H23NO3. The molecule has 0 radical (unpaired) electrons. The molecule has 0 aliphatic heterocycles. The topological polar surface area (TPSA) is 55.4 Å². The number of ketones is 1. The number of ether oxygens (including phenoxy) is 1. The fourth-order valence-corrected chi connectivity index (χ4v) is 1.61. The Balaban J connectivity index is 2.27. The first-order chi connectivity index (χ1) is 9.26. The Morgan fingerprint density at radius 2 is 1.75 bits per heavy atom. The maximum atomic E-state index is 11.7. The summed E-state index contributed by atoms with van der Waals surface area (Å²) in [5.74, 6) is -0.00330. The summed E-state index contributed by atoms with van der Waals surface area (Å²) in [5, 5.41) is 2.47. The molecule has 110 valence electrons. The molecule has 1 amide bonds. The number of rotatable bonds is 5. The van der Waals surface area contributed by atoms with Gasteiger partial charge in [0, 0.05) is 6.42 Å². The highest BCUT2D eigenvalue weighted by Gasteiger charge is 2.16. The van der Waals surface area contributed by atoms with Gasteiger partial charge in [-0.15, -0.1) is 0 Å². The van der Waals surface area contributed by atoms with Crippen LogP contribution in [0.1, 0.15) is 38.3 Å². The zero-order valence-electron chi connectivity index (χ0n) is 12.7. The molecule has 0 saturated heterocycles. The third-order valence-corrected chi connectivity index (χ3v) is 2.64. The van der Waals surface area contributed by atoms with E-state index < -0.39 is 11.7 Å². The van der Waals surface area contributed by atoms with Gasteiger partial charge >= 0.3 is 6.09 Å². The monoisotopic (exact) mass is 277 g/mol. The molecule has 0 atom stereocenters. The van der Waals surface area contributed by atoms with E-state index in [-0.39, 0.29) is 12.3 Å². The van der Waals surface area contributed by atoms with E-state index in [1.165, 1.54) is 5.56 Å². The second-order valence-corrected chi connectivity index (χ2v) is 5.88. The highest BCUT2D eigenvalue weighted by Crippen LogP contribution is 2.07.